The summed E-state index contributed by atoms with van der Waals surface area (Å²) < 4.78 is 4.53. The van der Waals surface area contributed by atoms with Gasteiger partial charge in [-0.2, -0.15) is 0 Å². The molecule has 1 saturated heterocycles. The smallest absolute Gasteiger partial charge is 0.322 e. The molecule has 0 aromatic rings. The van der Waals surface area contributed by atoms with Gasteiger partial charge in [-0.05, 0) is 19.4 Å². The second-order valence-electron chi connectivity index (χ2n) is 2.17. The van der Waals surface area contributed by atoms with Crippen LogP contribution in [-0.4, -0.2) is 25.7 Å². The molecule has 0 saturated carbocycles. The molecule has 1 aliphatic rings. The van der Waals surface area contributed by atoms with Crippen molar-refractivity contribution < 1.29 is 9.53 Å². The van der Waals surface area contributed by atoms with Crippen LogP contribution in [0, 0.1) is 0 Å². The summed E-state index contributed by atoms with van der Waals surface area (Å²) in [5, 5.41) is 3.03. The van der Waals surface area contributed by atoms with Crippen molar-refractivity contribution in [3.8, 4) is 0 Å². The predicted octanol–water partition coefficient (Wildman–Crippen LogP) is 0.333. The van der Waals surface area contributed by atoms with Crippen LogP contribution in [0.2, 0.25) is 0 Å². The first-order chi connectivity index (χ1) is 4.34. The van der Waals surface area contributed by atoms with Crippen LogP contribution in [-0.2, 0) is 9.53 Å². The van der Waals surface area contributed by atoms with E-state index in [-0.39, 0.29) is 24.4 Å². The quantitative estimate of drug-likeness (QED) is 0.570. The lowest BCUT2D eigenvalue weighted by Gasteiger charge is -2.04. The second-order valence-corrected chi connectivity index (χ2v) is 2.17. The molecule has 1 atom stereocenters. The number of halogens is 1. The summed E-state index contributed by atoms with van der Waals surface area (Å²) in [6.45, 7) is 0.944. The third-order valence-electron chi connectivity index (χ3n) is 1.55. The first-order valence-corrected chi connectivity index (χ1v) is 3.16. The number of hydrogen-bond acceptors (Lipinski definition) is 3. The maximum absolute atomic E-state index is 10.7. The van der Waals surface area contributed by atoms with Crippen LogP contribution in [0.3, 0.4) is 0 Å². The molecule has 3 nitrogen and oxygen atoms in total. The van der Waals surface area contributed by atoms with Crippen LogP contribution in [0.15, 0.2) is 0 Å². The zero-order valence-corrected chi connectivity index (χ0v) is 6.74. The van der Waals surface area contributed by atoms with Crippen LogP contribution in [0.25, 0.3) is 0 Å². The van der Waals surface area contributed by atoms with E-state index in [1.165, 1.54) is 7.11 Å². The Kier molecular flexibility index (Phi) is 4.40. The van der Waals surface area contributed by atoms with Gasteiger partial charge in [0.2, 0.25) is 0 Å². The van der Waals surface area contributed by atoms with Gasteiger partial charge in [0.1, 0.15) is 6.04 Å². The molecule has 1 rings (SSSR count). The third kappa shape index (κ3) is 2.15. The van der Waals surface area contributed by atoms with Gasteiger partial charge in [0.25, 0.3) is 0 Å². The Balaban J connectivity index is 0.000000810. The van der Waals surface area contributed by atoms with Crippen LogP contribution >= 0.6 is 12.4 Å². The molecule has 60 valence electrons. The summed E-state index contributed by atoms with van der Waals surface area (Å²) in [6.07, 6.45) is 2.01. The number of ether oxygens (including phenoxy) is 1. The van der Waals surface area contributed by atoms with E-state index in [2.05, 4.69) is 10.1 Å². The Hall–Kier alpha value is -0.280. The van der Waals surface area contributed by atoms with E-state index in [9.17, 15) is 4.79 Å². The molecular formula is C6H12ClNO2. The minimum absolute atomic E-state index is 0. The fraction of sp³-hybridized carbons (Fsp3) is 0.833. The maximum Gasteiger partial charge on any atom is 0.322 e. The number of hydrogen-bond donors (Lipinski definition) is 1. The first-order valence-electron chi connectivity index (χ1n) is 3.16. The topological polar surface area (TPSA) is 38.3 Å². The molecular weight excluding hydrogens is 154 g/mol. The van der Waals surface area contributed by atoms with Crippen molar-refractivity contribution in [2.45, 2.75) is 18.9 Å². The van der Waals surface area contributed by atoms with Crippen LogP contribution in [0.4, 0.5) is 0 Å². The molecule has 0 amide bonds. The number of carbonyl (C=O) groups excluding carboxylic acids is 1. The van der Waals surface area contributed by atoms with E-state index in [1.54, 1.807) is 0 Å². The minimum atomic E-state index is -0.132. The Morgan fingerprint density at radius 1 is 1.70 bits per heavy atom. The van der Waals surface area contributed by atoms with Crippen molar-refractivity contribution >= 4 is 18.4 Å². The van der Waals surface area contributed by atoms with Crippen LogP contribution < -0.4 is 5.32 Å². The highest BCUT2D eigenvalue weighted by atomic mass is 35.5. The molecule has 10 heavy (non-hydrogen) atoms. The monoisotopic (exact) mass is 165 g/mol. The average molecular weight is 166 g/mol. The van der Waals surface area contributed by atoms with E-state index in [1.807, 2.05) is 0 Å². The van der Waals surface area contributed by atoms with Gasteiger partial charge in [-0.1, -0.05) is 0 Å². The van der Waals surface area contributed by atoms with Crippen molar-refractivity contribution in [3.63, 3.8) is 0 Å². The fourth-order valence-corrected chi connectivity index (χ4v) is 1.03. The highest BCUT2D eigenvalue weighted by molar-refractivity contribution is 5.85. The highest BCUT2D eigenvalue weighted by Crippen LogP contribution is 2.05. The number of carbonyl (C=O) groups is 1. The Morgan fingerprint density at radius 2 is 2.40 bits per heavy atom. The minimum Gasteiger partial charge on any atom is -0.468 e. The average Bonchev–Trinajstić information content (AvgIpc) is 2.37. The van der Waals surface area contributed by atoms with Gasteiger partial charge in [-0.3, -0.25) is 4.79 Å². The highest BCUT2D eigenvalue weighted by Gasteiger charge is 2.21. The Morgan fingerprint density at radius 3 is 2.80 bits per heavy atom. The SMILES string of the molecule is COC(=O)[C@H]1CCCN1.Cl. The summed E-state index contributed by atoms with van der Waals surface area (Å²) in [5.41, 5.74) is 0. The number of nitrogens with one attached hydrogen (secondary N) is 1. The number of methoxy groups -OCH3 is 1. The van der Waals surface area contributed by atoms with E-state index in [4.69, 9.17) is 0 Å². The van der Waals surface area contributed by atoms with Crippen molar-refractivity contribution in [1.29, 1.82) is 0 Å². The Bertz CT molecular complexity index is 112. The fourth-order valence-electron chi connectivity index (χ4n) is 1.03. The van der Waals surface area contributed by atoms with Gasteiger partial charge in [0.05, 0.1) is 7.11 Å². The molecule has 0 radical (unpaired) electrons. The van der Waals surface area contributed by atoms with Crippen molar-refractivity contribution in [1.82, 2.24) is 5.32 Å². The van der Waals surface area contributed by atoms with E-state index in [0.29, 0.717) is 0 Å². The van der Waals surface area contributed by atoms with Gasteiger partial charge in [0, 0.05) is 0 Å². The van der Waals surface area contributed by atoms with Crippen molar-refractivity contribution in [3.05, 3.63) is 0 Å². The lowest BCUT2D eigenvalue weighted by molar-refractivity contribution is -0.142. The van der Waals surface area contributed by atoms with Crippen molar-refractivity contribution in [2.24, 2.45) is 0 Å². The summed E-state index contributed by atoms with van der Waals surface area (Å²) in [7, 11) is 1.42. The largest absolute Gasteiger partial charge is 0.468 e. The van der Waals surface area contributed by atoms with Crippen molar-refractivity contribution in [2.75, 3.05) is 13.7 Å². The lowest BCUT2D eigenvalue weighted by Crippen LogP contribution is -2.31. The lowest BCUT2D eigenvalue weighted by atomic mass is 10.2. The van der Waals surface area contributed by atoms with Gasteiger partial charge in [-0.25, -0.2) is 0 Å². The second kappa shape index (κ2) is 4.52. The van der Waals surface area contributed by atoms with E-state index < -0.39 is 0 Å². The first kappa shape index (κ1) is 9.72. The van der Waals surface area contributed by atoms with Crippen LogP contribution in [0.1, 0.15) is 12.8 Å². The molecule has 0 aromatic carbocycles. The number of rotatable bonds is 1. The predicted molar refractivity (Wildman–Crippen MR) is 40.3 cm³/mol. The molecule has 0 aromatic heterocycles. The van der Waals surface area contributed by atoms with E-state index in [0.717, 1.165) is 19.4 Å². The van der Waals surface area contributed by atoms with Gasteiger partial charge in [-0.15, -0.1) is 12.4 Å². The molecule has 0 spiro atoms. The summed E-state index contributed by atoms with van der Waals surface area (Å²) >= 11 is 0. The summed E-state index contributed by atoms with van der Waals surface area (Å²) in [6, 6.07) is -0.0324. The van der Waals surface area contributed by atoms with Gasteiger partial charge >= 0.3 is 5.97 Å². The molecule has 1 N–H and O–H groups in total. The maximum atomic E-state index is 10.7. The standard InChI is InChI=1S/C6H11NO2.ClH/c1-9-6(8)5-3-2-4-7-5;/h5,7H,2-4H2,1H3;1H/t5-;/m1./s1. The normalized spacial score (nSPS) is 23.5. The van der Waals surface area contributed by atoms with E-state index >= 15 is 0 Å². The molecule has 1 heterocycles. The van der Waals surface area contributed by atoms with Gasteiger partial charge in [0.15, 0.2) is 0 Å². The van der Waals surface area contributed by atoms with Gasteiger partial charge < -0.3 is 10.1 Å². The van der Waals surface area contributed by atoms with Crippen LogP contribution in [0.5, 0.6) is 0 Å². The Labute approximate surface area is 66.5 Å². The number of esters is 1. The molecule has 1 aliphatic heterocycles. The summed E-state index contributed by atoms with van der Waals surface area (Å²) in [4.78, 5) is 10.7. The zero-order chi connectivity index (χ0) is 6.69. The molecule has 4 heteroatoms. The third-order valence-corrected chi connectivity index (χ3v) is 1.55. The molecule has 1 fully saturated rings. The zero-order valence-electron chi connectivity index (χ0n) is 5.92. The summed E-state index contributed by atoms with van der Waals surface area (Å²) in [5.74, 6) is -0.132. The molecule has 0 bridgehead atoms. The molecule has 0 unspecified atom stereocenters. The molecule has 0 aliphatic carbocycles.